The SMILES string of the molecule is CN=C(NCC(=O)N1CCCCC1)NCc1oc2ccccc2c1C.I. The van der Waals surface area contributed by atoms with E-state index in [1.807, 2.05) is 23.1 Å². The molecule has 0 unspecified atom stereocenters. The molecule has 1 aromatic carbocycles. The molecule has 1 aliphatic rings. The Bertz CT molecular complexity index is 766. The van der Waals surface area contributed by atoms with Crippen LogP contribution in [0, 0.1) is 6.92 Å². The summed E-state index contributed by atoms with van der Waals surface area (Å²) < 4.78 is 5.89. The molecule has 1 aliphatic heterocycles. The quantitative estimate of drug-likeness (QED) is 0.410. The summed E-state index contributed by atoms with van der Waals surface area (Å²) in [4.78, 5) is 18.3. The summed E-state index contributed by atoms with van der Waals surface area (Å²) in [5, 5.41) is 7.44. The summed E-state index contributed by atoms with van der Waals surface area (Å²) in [5.74, 6) is 1.61. The van der Waals surface area contributed by atoms with Crippen LogP contribution in [0.3, 0.4) is 0 Å². The Hall–Kier alpha value is -1.77. The van der Waals surface area contributed by atoms with Gasteiger partial charge in [0.15, 0.2) is 5.96 Å². The summed E-state index contributed by atoms with van der Waals surface area (Å²) in [6.45, 7) is 4.57. The van der Waals surface area contributed by atoms with Crippen molar-refractivity contribution in [1.82, 2.24) is 15.5 Å². The second kappa shape index (κ2) is 9.80. The van der Waals surface area contributed by atoms with Gasteiger partial charge in [0, 0.05) is 31.1 Å². The molecule has 1 amide bonds. The van der Waals surface area contributed by atoms with Crippen LogP contribution in [0.1, 0.15) is 30.6 Å². The van der Waals surface area contributed by atoms with Crippen LogP contribution in [0.5, 0.6) is 0 Å². The Morgan fingerprint density at radius 1 is 1.19 bits per heavy atom. The molecule has 2 heterocycles. The van der Waals surface area contributed by atoms with Gasteiger partial charge in [-0.3, -0.25) is 9.79 Å². The molecule has 0 saturated carbocycles. The average Bonchev–Trinajstić information content (AvgIpc) is 2.98. The number of hydrogen-bond acceptors (Lipinski definition) is 3. The normalized spacial score (nSPS) is 14.8. The lowest BCUT2D eigenvalue weighted by molar-refractivity contribution is -0.130. The number of nitrogens with zero attached hydrogens (tertiary/aromatic N) is 2. The first-order valence-electron chi connectivity index (χ1n) is 8.88. The van der Waals surface area contributed by atoms with E-state index in [1.54, 1.807) is 7.05 Å². The van der Waals surface area contributed by atoms with E-state index in [9.17, 15) is 4.79 Å². The molecule has 0 bridgehead atoms. The molecule has 1 aromatic heterocycles. The maximum absolute atomic E-state index is 12.2. The van der Waals surface area contributed by atoms with Crippen LogP contribution >= 0.6 is 24.0 Å². The standard InChI is InChI=1S/C19H26N4O2.HI/c1-14-15-8-4-5-9-16(15)25-17(14)12-21-19(20-2)22-13-18(24)23-10-6-3-7-11-23;/h4-5,8-9H,3,6-7,10-13H2,1-2H3,(H2,20,21,22);1H. The number of nitrogens with one attached hydrogen (secondary N) is 2. The molecule has 0 spiro atoms. The van der Waals surface area contributed by atoms with E-state index in [-0.39, 0.29) is 36.4 Å². The van der Waals surface area contributed by atoms with Crippen LogP contribution in [0.4, 0.5) is 0 Å². The van der Waals surface area contributed by atoms with E-state index < -0.39 is 0 Å². The number of rotatable bonds is 4. The minimum absolute atomic E-state index is 0. The highest BCUT2D eigenvalue weighted by Crippen LogP contribution is 2.24. The van der Waals surface area contributed by atoms with Crippen molar-refractivity contribution in [2.24, 2.45) is 4.99 Å². The monoisotopic (exact) mass is 470 g/mol. The lowest BCUT2D eigenvalue weighted by Gasteiger charge is -2.27. The van der Waals surface area contributed by atoms with Crippen LogP contribution in [0.25, 0.3) is 11.0 Å². The fraction of sp³-hybridized carbons (Fsp3) is 0.474. The third-order valence-electron chi connectivity index (χ3n) is 4.70. The van der Waals surface area contributed by atoms with Gasteiger partial charge in [-0.25, -0.2) is 0 Å². The molecule has 2 aromatic rings. The first kappa shape index (κ1) is 20.5. The molecule has 2 N–H and O–H groups in total. The van der Waals surface area contributed by atoms with Crippen molar-refractivity contribution in [1.29, 1.82) is 0 Å². The maximum atomic E-state index is 12.2. The van der Waals surface area contributed by atoms with Gasteiger partial charge in [0.05, 0.1) is 13.1 Å². The van der Waals surface area contributed by atoms with Gasteiger partial charge in [0.2, 0.25) is 5.91 Å². The van der Waals surface area contributed by atoms with E-state index >= 15 is 0 Å². The second-order valence-electron chi connectivity index (χ2n) is 6.37. The minimum atomic E-state index is 0. The maximum Gasteiger partial charge on any atom is 0.241 e. The number of amides is 1. The molecule has 1 saturated heterocycles. The second-order valence-corrected chi connectivity index (χ2v) is 6.37. The fourth-order valence-electron chi connectivity index (χ4n) is 3.19. The van der Waals surface area contributed by atoms with Crippen molar-refractivity contribution >= 4 is 46.8 Å². The number of guanidine groups is 1. The van der Waals surface area contributed by atoms with Crippen LogP contribution in [0.2, 0.25) is 0 Å². The summed E-state index contributed by atoms with van der Waals surface area (Å²) >= 11 is 0. The molecule has 0 radical (unpaired) electrons. The molecule has 3 rings (SSSR count). The molecular formula is C19H27IN4O2. The number of aryl methyl sites for hydroxylation is 1. The van der Waals surface area contributed by atoms with Crippen molar-refractivity contribution in [3.63, 3.8) is 0 Å². The molecule has 6 nitrogen and oxygen atoms in total. The summed E-state index contributed by atoms with van der Waals surface area (Å²) in [7, 11) is 1.70. The number of piperidine rings is 1. The van der Waals surface area contributed by atoms with Gasteiger partial charge >= 0.3 is 0 Å². The highest BCUT2D eigenvalue weighted by Gasteiger charge is 2.16. The number of fused-ring (bicyclic) bond motifs is 1. The molecular weight excluding hydrogens is 443 g/mol. The number of carbonyl (C=O) groups excluding carboxylic acids is 1. The summed E-state index contributed by atoms with van der Waals surface area (Å²) in [6.07, 6.45) is 3.42. The van der Waals surface area contributed by atoms with Gasteiger partial charge in [-0.05, 0) is 32.3 Å². The van der Waals surface area contributed by atoms with Crippen LogP contribution in [-0.4, -0.2) is 43.4 Å². The number of para-hydroxylation sites is 1. The number of benzene rings is 1. The van der Waals surface area contributed by atoms with Crippen molar-refractivity contribution in [3.8, 4) is 0 Å². The number of aliphatic imine (C=N–C) groups is 1. The van der Waals surface area contributed by atoms with Crippen molar-refractivity contribution < 1.29 is 9.21 Å². The van der Waals surface area contributed by atoms with E-state index in [1.165, 1.54) is 6.42 Å². The molecule has 142 valence electrons. The van der Waals surface area contributed by atoms with Crippen LogP contribution < -0.4 is 10.6 Å². The highest BCUT2D eigenvalue weighted by atomic mass is 127. The molecule has 26 heavy (non-hydrogen) atoms. The summed E-state index contributed by atoms with van der Waals surface area (Å²) in [6, 6.07) is 8.00. The third kappa shape index (κ3) is 4.90. The predicted octanol–water partition coefficient (Wildman–Crippen LogP) is 3.04. The Morgan fingerprint density at radius 3 is 2.62 bits per heavy atom. The van der Waals surface area contributed by atoms with Gasteiger partial charge in [-0.15, -0.1) is 24.0 Å². The topological polar surface area (TPSA) is 69.9 Å². The van der Waals surface area contributed by atoms with Crippen molar-refractivity contribution in [2.75, 3.05) is 26.7 Å². The first-order chi connectivity index (χ1) is 12.2. The highest BCUT2D eigenvalue weighted by molar-refractivity contribution is 14.0. The zero-order chi connectivity index (χ0) is 17.6. The van der Waals surface area contributed by atoms with E-state index in [0.717, 1.165) is 48.2 Å². The predicted molar refractivity (Wildman–Crippen MR) is 115 cm³/mol. The number of carbonyl (C=O) groups is 1. The average molecular weight is 470 g/mol. The van der Waals surface area contributed by atoms with Gasteiger partial charge in [0.25, 0.3) is 0 Å². The molecule has 7 heteroatoms. The minimum Gasteiger partial charge on any atom is -0.459 e. The van der Waals surface area contributed by atoms with Crippen molar-refractivity contribution in [2.45, 2.75) is 32.7 Å². The smallest absolute Gasteiger partial charge is 0.241 e. The van der Waals surface area contributed by atoms with Crippen LogP contribution in [-0.2, 0) is 11.3 Å². The Balaban J connectivity index is 0.00000243. The number of hydrogen-bond donors (Lipinski definition) is 2. The number of furan rings is 1. The zero-order valence-corrected chi connectivity index (χ0v) is 17.7. The Kier molecular flexibility index (Phi) is 7.74. The molecule has 1 fully saturated rings. The molecule has 0 aliphatic carbocycles. The number of halogens is 1. The van der Waals surface area contributed by atoms with Crippen molar-refractivity contribution in [3.05, 3.63) is 35.6 Å². The number of likely N-dealkylation sites (tertiary alicyclic amines) is 1. The first-order valence-corrected chi connectivity index (χ1v) is 8.88. The summed E-state index contributed by atoms with van der Waals surface area (Å²) in [5.41, 5.74) is 2.02. The van der Waals surface area contributed by atoms with Gasteiger partial charge in [0.1, 0.15) is 11.3 Å². The Morgan fingerprint density at radius 2 is 1.92 bits per heavy atom. The zero-order valence-electron chi connectivity index (χ0n) is 15.4. The third-order valence-corrected chi connectivity index (χ3v) is 4.70. The lowest BCUT2D eigenvalue weighted by Crippen LogP contribution is -2.45. The van der Waals surface area contributed by atoms with Gasteiger partial charge in [-0.1, -0.05) is 18.2 Å². The Labute approximate surface area is 171 Å². The molecule has 0 atom stereocenters. The van der Waals surface area contributed by atoms with E-state index in [2.05, 4.69) is 28.6 Å². The lowest BCUT2D eigenvalue weighted by atomic mass is 10.1. The largest absolute Gasteiger partial charge is 0.459 e. The van der Waals surface area contributed by atoms with Gasteiger partial charge < -0.3 is 20.0 Å². The van der Waals surface area contributed by atoms with E-state index in [0.29, 0.717) is 12.5 Å². The van der Waals surface area contributed by atoms with E-state index in [4.69, 9.17) is 4.42 Å². The fourth-order valence-corrected chi connectivity index (χ4v) is 3.19. The van der Waals surface area contributed by atoms with Gasteiger partial charge in [-0.2, -0.15) is 0 Å². The van der Waals surface area contributed by atoms with Crippen LogP contribution in [0.15, 0.2) is 33.7 Å².